The van der Waals surface area contributed by atoms with Crippen molar-refractivity contribution in [2.45, 2.75) is 44.9 Å². The Morgan fingerprint density at radius 1 is 1.18 bits per heavy atom. The fraction of sp³-hybridized carbons (Fsp3) is 0.435. The maximum Gasteiger partial charge on any atom is 0.408 e. The first-order valence-corrected chi connectivity index (χ1v) is 10.2. The van der Waals surface area contributed by atoms with Gasteiger partial charge in [0.2, 0.25) is 17.7 Å². The zero-order chi connectivity index (χ0) is 26.1. The average molecular weight is 475 g/mol. The fourth-order valence-electron chi connectivity index (χ4n) is 2.94. The smallest absolute Gasteiger partial charge is 0.408 e. The molecule has 1 rings (SSSR count). The average Bonchev–Trinajstić information content (AvgIpc) is 2.75. The van der Waals surface area contributed by atoms with Gasteiger partial charge in [0.05, 0.1) is 13.5 Å². The Labute approximate surface area is 198 Å². The van der Waals surface area contributed by atoms with Crippen LogP contribution in [0.1, 0.15) is 44.4 Å². The van der Waals surface area contributed by atoms with Crippen LogP contribution in [0.15, 0.2) is 24.3 Å². The minimum atomic E-state index is -1.42. The van der Waals surface area contributed by atoms with E-state index in [1.165, 1.54) is 7.05 Å². The highest BCUT2D eigenvalue weighted by atomic mass is 16.6. The molecule has 0 heterocycles. The van der Waals surface area contributed by atoms with Crippen LogP contribution in [0.4, 0.5) is 4.79 Å². The Kier molecular flexibility index (Phi) is 10.1. The summed E-state index contributed by atoms with van der Waals surface area (Å²) in [5.74, 6) is -0.667. The lowest BCUT2D eigenvalue weighted by molar-refractivity contribution is -0.144. The number of carbonyl (C=O) groups excluding carboxylic acids is 5. The molecule has 0 aliphatic heterocycles. The second-order valence-electron chi connectivity index (χ2n) is 8.25. The van der Waals surface area contributed by atoms with Crippen LogP contribution in [-0.2, 0) is 28.7 Å². The van der Waals surface area contributed by atoms with Gasteiger partial charge in [0.15, 0.2) is 0 Å². The van der Waals surface area contributed by atoms with E-state index < -0.39 is 60.4 Å². The maximum atomic E-state index is 13.3. The molecule has 0 saturated heterocycles. The normalized spacial score (nSPS) is 12.4. The third-order valence-corrected chi connectivity index (χ3v) is 4.42. The van der Waals surface area contributed by atoms with Crippen molar-refractivity contribution in [2.75, 3.05) is 20.7 Å². The van der Waals surface area contributed by atoms with E-state index in [1.807, 2.05) is 0 Å². The molecule has 34 heavy (non-hydrogen) atoms. The summed E-state index contributed by atoms with van der Waals surface area (Å²) in [5.41, 5.74) is 5.02. The number of terminal acetylenes is 1. The van der Waals surface area contributed by atoms with Gasteiger partial charge in [0.25, 0.3) is 0 Å². The molecule has 0 spiro atoms. The SMILES string of the molecule is C#Cc1ccccc1C(C(=O)NCC(=O)OC)N(C)C(=O)C(CC(N)=O)NC(=O)OC(C)(C)C. The number of ether oxygens (including phenoxy) is 2. The van der Waals surface area contributed by atoms with E-state index >= 15 is 0 Å². The number of likely N-dealkylation sites (N-methyl/N-ethyl adjacent to an activating group) is 1. The van der Waals surface area contributed by atoms with Crippen molar-refractivity contribution < 1.29 is 33.4 Å². The minimum absolute atomic E-state index is 0.290. The van der Waals surface area contributed by atoms with Crippen LogP contribution in [0.2, 0.25) is 0 Å². The van der Waals surface area contributed by atoms with Crippen LogP contribution < -0.4 is 16.4 Å². The van der Waals surface area contributed by atoms with Crippen LogP contribution >= 0.6 is 0 Å². The summed E-state index contributed by atoms with van der Waals surface area (Å²) >= 11 is 0. The number of nitrogens with zero attached hydrogens (tertiary/aromatic N) is 1. The van der Waals surface area contributed by atoms with Crippen LogP contribution in [0.25, 0.3) is 0 Å². The van der Waals surface area contributed by atoms with Gasteiger partial charge in [-0.15, -0.1) is 6.42 Å². The zero-order valence-corrected chi connectivity index (χ0v) is 19.8. The van der Waals surface area contributed by atoms with Crippen molar-refractivity contribution >= 4 is 29.8 Å². The lowest BCUT2D eigenvalue weighted by Crippen LogP contribution is -2.53. The summed E-state index contributed by atoms with van der Waals surface area (Å²) in [6, 6.07) is 3.67. The number of carbonyl (C=O) groups is 5. The summed E-state index contributed by atoms with van der Waals surface area (Å²) in [5, 5.41) is 4.71. The van der Waals surface area contributed by atoms with Gasteiger partial charge in [-0.1, -0.05) is 24.1 Å². The van der Waals surface area contributed by atoms with E-state index in [2.05, 4.69) is 21.3 Å². The zero-order valence-electron chi connectivity index (χ0n) is 19.8. The fourth-order valence-corrected chi connectivity index (χ4v) is 2.94. The van der Waals surface area contributed by atoms with Crippen LogP contribution in [0.3, 0.4) is 0 Å². The number of methoxy groups -OCH3 is 1. The van der Waals surface area contributed by atoms with Crippen molar-refractivity contribution in [1.29, 1.82) is 0 Å². The number of hydrogen-bond acceptors (Lipinski definition) is 7. The van der Waals surface area contributed by atoms with Gasteiger partial charge in [-0.25, -0.2) is 4.79 Å². The third kappa shape index (κ3) is 8.46. The van der Waals surface area contributed by atoms with Gasteiger partial charge in [0, 0.05) is 12.6 Å². The number of nitrogens with two attached hydrogens (primary N) is 1. The molecule has 4 N–H and O–H groups in total. The summed E-state index contributed by atoms with van der Waals surface area (Å²) < 4.78 is 9.68. The van der Waals surface area contributed by atoms with E-state index in [-0.39, 0.29) is 0 Å². The molecule has 0 bridgehead atoms. The van der Waals surface area contributed by atoms with Gasteiger partial charge in [-0.05, 0) is 32.4 Å². The number of amides is 4. The molecule has 1 aromatic rings. The highest BCUT2D eigenvalue weighted by Gasteiger charge is 2.35. The van der Waals surface area contributed by atoms with E-state index in [0.717, 1.165) is 12.0 Å². The predicted molar refractivity (Wildman–Crippen MR) is 122 cm³/mol. The number of hydrogen-bond donors (Lipinski definition) is 3. The lowest BCUT2D eigenvalue weighted by atomic mass is 9.98. The minimum Gasteiger partial charge on any atom is -0.468 e. The molecule has 0 aliphatic carbocycles. The van der Waals surface area contributed by atoms with E-state index in [0.29, 0.717) is 11.1 Å². The quantitative estimate of drug-likeness (QED) is 0.341. The second-order valence-corrected chi connectivity index (χ2v) is 8.25. The summed E-state index contributed by atoms with van der Waals surface area (Å²) in [6.07, 6.45) is 4.07. The van der Waals surface area contributed by atoms with E-state index in [1.54, 1.807) is 45.0 Å². The maximum absolute atomic E-state index is 13.3. The van der Waals surface area contributed by atoms with Crippen molar-refractivity contribution in [3.8, 4) is 12.3 Å². The Morgan fingerprint density at radius 3 is 2.32 bits per heavy atom. The number of alkyl carbamates (subject to hydrolysis) is 1. The molecule has 2 atom stereocenters. The van der Waals surface area contributed by atoms with E-state index in [4.69, 9.17) is 16.9 Å². The van der Waals surface area contributed by atoms with Crippen molar-refractivity contribution in [3.05, 3.63) is 35.4 Å². The van der Waals surface area contributed by atoms with E-state index in [9.17, 15) is 24.0 Å². The Bertz CT molecular complexity index is 978. The molecular weight excluding hydrogens is 444 g/mol. The molecule has 2 unspecified atom stereocenters. The second kappa shape index (κ2) is 12.2. The molecule has 0 saturated carbocycles. The van der Waals surface area contributed by atoms with Crippen LogP contribution in [0, 0.1) is 12.3 Å². The number of nitrogens with one attached hydrogen (secondary N) is 2. The molecule has 0 radical (unpaired) electrons. The number of benzene rings is 1. The Balaban J connectivity index is 3.34. The van der Waals surface area contributed by atoms with Crippen molar-refractivity contribution in [1.82, 2.24) is 15.5 Å². The van der Waals surface area contributed by atoms with Gasteiger partial charge in [-0.3, -0.25) is 19.2 Å². The molecule has 0 aliphatic rings. The van der Waals surface area contributed by atoms with Crippen molar-refractivity contribution in [2.24, 2.45) is 5.73 Å². The first-order chi connectivity index (χ1) is 15.8. The highest BCUT2D eigenvalue weighted by Crippen LogP contribution is 2.24. The van der Waals surface area contributed by atoms with Gasteiger partial charge in [-0.2, -0.15) is 0 Å². The third-order valence-electron chi connectivity index (χ3n) is 4.42. The molecule has 0 fully saturated rings. The Hall–Kier alpha value is -4.07. The lowest BCUT2D eigenvalue weighted by Gasteiger charge is -2.31. The first-order valence-electron chi connectivity index (χ1n) is 10.2. The molecule has 1 aromatic carbocycles. The largest absolute Gasteiger partial charge is 0.468 e. The summed E-state index contributed by atoms with van der Waals surface area (Å²) in [4.78, 5) is 62.7. The number of esters is 1. The number of rotatable bonds is 9. The Morgan fingerprint density at radius 2 is 1.79 bits per heavy atom. The van der Waals surface area contributed by atoms with Crippen LogP contribution in [-0.4, -0.2) is 67.0 Å². The summed E-state index contributed by atoms with van der Waals surface area (Å²) in [7, 11) is 2.45. The monoisotopic (exact) mass is 474 g/mol. The van der Waals surface area contributed by atoms with Gasteiger partial charge in [0.1, 0.15) is 24.2 Å². The first kappa shape index (κ1) is 28.0. The molecule has 184 valence electrons. The molecular formula is C23H30N4O7. The van der Waals surface area contributed by atoms with Crippen LogP contribution in [0.5, 0.6) is 0 Å². The molecule has 0 aromatic heterocycles. The molecule has 11 heteroatoms. The summed E-state index contributed by atoms with van der Waals surface area (Å²) in [6.45, 7) is 4.43. The van der Waals surface area contributed by atoms with Gasteiger partial charge < -0.3 is 30.7 Å². The number of primary amides is 1. The highest BCUT2D eigenvalue weighted by molar-refractivity contribution is 5.95. The topological polar surface area (TPSA) is 157 Å². The predicted octanol–water partition coefficient (Wildman–Crippen LogP) is 0.225. The molecule has 4 amide bonds. The van der Waals surface area contributed by atoms with Gasteiger partial charge >= 0.3 is 12.1 Å². The van der Waals surface area contributed by atoms with Crippen molar-refractivity contribution in [3.63, 3.8) is 0 Å². The molecule has 11 nitrogen and oxygen atoms in total. The standard InChI is InChI=1S/C23H30N4O7/c1-7-14-10-8-9-11-15(14)19(20(30)25-13-18(29)33-6)27(5)21(31)16(12-17(24)28)26-22(32)34-23(2,3)4/h1,8-11,16,19H,12-13H2,2-6H3,(H2,24,28)(H,25,30)(H,26,32).